The molecule has 0 saturated carbocycles. The van der Waals surface area contributed by atoms with E-state index in [4.69, 9.17) is 0 Å². The van der Waals surface area contributed by atoms with Crippen molar-refractivity contribution in [2.24, 2.45) is 0 Å². The summed E-state index contributed by atoms with van der Waals surface area (Å²) >= 11 is 0. The van der Waals surface area contributed by atoms with Crippen molar-refractivity contribution in [1.82, 2.24) is 4.90 Å². The molecule has 2 aromatic carbocycles. The Morgan fingerprint density at radius 3 is 2.39 bits per heavy atom. The third kappa shape index (κ3) is 2.48. The van der Waals surface area contributed by atoms with Crippen LogP contribution in [0.4, 0.5) is 5.69 Å². The first kappa shape index (κ1) is 14.9. The van der Waals surface area contributed by atoms with Crippen LogP contribution in [0.25, 0.3) is 0 Å². The van der Waals surface area contributed by atoms with Crippen molar-refractivity contribution < 1.29 is 14.5 Å². The number of carbonyl (C=O) groups excluding carboxylic acids is 2. The van der Waals surface area contributed by atoms with Crippen LogP contribution in [-0.4, -0.2) is 27.7 Å². The summed E-state index contributed by atoms with van der Waals surface area (Å²) in [5.74, 6) is -1.07. The Hall–Kier alpha value is -3.02. The molecule has 0 N–H and O–H groups in total. The Balaban J connectivity index is 1.94. The minimum Gasteiger partial charge on any atom is -0.271 e. The molecule has 0 radical (unpaired) electrons. The van der Waals surface area contributed by atoms with Gasteiger partial charge in [-0.15, -0.1) is 0 Å². The summed E-state index contributed by atoms with van der Waals surface area (Å²) in [7, 11) is 0. The second kappa shape index (κ2) is 5.64. The van der Waals surface area contributed by atoms with Gasteiger partial charge in [0.15, 0.2) is 0 Å². The standard InChI is InChI=1S/C17H14N2O4/c1-11(10-12-6-3-2-4-7-12)18-16(20)13-8-5-9-14(19(22)23)15(13)17(18)21/h2-9,11H,10H2,1H3/t11-/m1/s1. The summed E-state index contributed by atoms with van der Waals surface area (Å²) in [6.45, 7) is 1.76. The molecule has 2 aromatic rings. The van der Waals surface area contributed by atoms with Crippen LogP contribution >= 0.6 is 0 Å². The van der Waals surface area contributed by atoms with E-state index >= 15 is 0 Å². The van der Waals surface area contributed by atoms with Crippen molar-refractivity contribution in [1.29, 1.82) is 0 Å². The normalized spacial score (nSPS) is 14.7. The van der Waals surface area contributed by atoms with Gasteiger partial charge in [-0.1, -0.05) is 36.4 Å². The van der Waals surface area contributed by atoms with E-state index in [-0.39, 0.29) is 22.9 Å². The summed E-state index contributed by atoms with van der Waals surface area (Å²) in [5.41, 5.74) is 0.660. The van der Waals surface area contributed by atoms with E-state index in [1.165, 1.54) is 18.2 Å². The molecule has 0 unspecified atom stereocenters. The summed E-state index contributed by atoms with van der Waals surface area (Å²) < 4.78 is 0. The van der Waals surface area contributed by atoms with Crippen LogP contribution in [0.1, 0.15) is 33.2 Å². The van der Waals surface area contributed by atoms with E-state index in [1.807, 2.05) is 30.3 Å². The minimum atomic E-state index is -0.630. The van der Waals surface area contributed by atoms with Crippen molar-refractivity contribution in [3.8, 4) is 0 Å². The number of benzene rings is 2. The highest BCUT2D eigenvalue weighted by Gasteiger charge is 2.42. The average molecular weight is 310 g/mol. The molecule has 0 saturated heterocycles. The van der Waals surface area contributed by atoms with Crippen LogP contribution in [0.2, 0.25) is 0 Å². The van der Waals surface area contributed by atoms with E-state index in [1.54, 1.807) is 6.92 Å². The van der Waals surface area contributed by atoms with Crippen LogP contribution in [0, 0.1) is 10.1 Å². The predicted octanol–water partition coefficient (Wildman–Crippen LogP) is 2.82. The maximum atomic E-state index is 12.6. The summed E-state index contributed by atoms with van der Waals surface area (Å²) in [6, 6.07) is 13.2. The Morgan fingerprint density at radius 1 is 1.04 bits per heavy atom. The molecule has 6 nitrogen and oxygen atoms in total. The second-order valence-electron chi connectivity index (χ2n) is 5.48. The average Bonchev–Trinajstić information content (AvgIpc) is 2.80. The lowest BCUT2D eigenvalue weighted by atomic mass is 10.1. The fourth-order valence-electron chi connectivity index (χ4n) is 2.88. The van der Waals surface area contributed by atoms with Crippen LogP contribution in [0.15, 0.2) is 48.5 Å². The molecule has 0 spiro atoms. The van der Waals surface area contributed by atoms with Crippen LogP contribution in [-0.2, 0) is 6.42 Å². The number of hydrogen-bond acceptors (Lipinski definition) is 4. The molecule has 116 valence electrons. The Kier molecular flexibility index (Phi) is 3.65. The Morgan fingerprint density at radius 2 is 1.74 bits per heavy atom. The van der Waals surface area contributed by atoms with Crippen molar-refractivity contribution in [2.45, 2.75) is 19.4 Å². The highest BCUT2D eigenvalue weighted by Crippen LogP contribution is 2.32. The van der Waals surface area contributed by atoms with Crippen LogP contribution in [0.3, 0.4) is 0 Å². The number of rotatable bonds is 4. The molecule has 1 aliphatic heterocycles. The molecule has 0 aromatic heterocycles. The first-order chi connectivity index (χ1) is 11.0. The number of nitro groups is 1. The maximum Gasteiger partial charge on any atom is 0.282 e. The smallest absolute Gasteiger partial charge is 0.271 e. The zero-order valence-electron chi connectivity index (χ0n) is 12.4. The van der Waals surface area contributed by atoms with Gasteiger partial charge in [-0.2, -0.15) is 0 Å². The van der Waals surface area contributed by atoms with E-state index in [0.29, 0.717) is 6.42 Å². The van der Waals surface area contributed by atoms with Gasteiger partial charge in [-0.3, -0.25) is 24.6 Å². The van der Waals surface area contributed by atoms with Crippen molar-refractivity contribution in [2.75, 3.05) is 0 Å². The molecule has 1 atom stereocenters. The largest absolute Gasteiger partial charge is 0.282 e. The summed E-state index contributed by atoms with van der Waals surface area (Å²) in [5, 5.41) is 11.1. The van der Waals surface area contributed by atoms with Gasteiger partial charge < -0.3 is 0 Å². The molecule has 0 bridgehead atoms. The van der Waals surface area contributed by atoms with Gasteiger partial charge in [-0.25, -0.2) is 0 Å². The van der Waals surface area contributed by atoms with Gasteiger partial charge in [-0.05, 0) is 25.0 Å². The zero-order chi connectivity index (χ0) is 16.6. The number of amides is 2. The number of hydrogen-bond donors (Lipinski definition) is 0. The molecule has 0 aliphatic carbocycles. The lowest BCUT2D eigenvalue weighted by molar-refractivity contribution is -0.385. The van der Waals surface area contributed by atoms with E-state index in [0.717, 1.165) is 10.5 Å². The molecule has 1 aliphatic rings. The van der Waals surface area contributed by atoms with Gasteiger partial charge in [0.05, 0.1) is 10.5 Å². The molecule has 3 rings (SSSR count). The molecule has 0 fully saturated rings. The summed E-state index contributed by atoms with van der Waals surface area (Å²) in [6.07, 6.45) is 0.500. The number of nitrogens with zero attached hydrogens (tertiary/aromatic N) is 2. The van der Waals surface area contributed by atoms with Crippen molar-refractivity contribution in [3.63, 3.8) is 0 Å². The fourth-order valence-corrected chi connectivity index (χ4v) is 2.88. The molecule has 23 heavy (non-hydrogen) atoms. The highest BCUT2D eigenvalue weighted by molar-refractivity contribution is 6.23. The lowest BCUT2D eigenvalue weighted by Gasteiger charge is -2.22. The van der Waals surface area contributed by atoms with Gasteiger partial charge in [0.25, 0.3) is 17.5 Å². The Bertz CT molecular complexity index is 801. The maximum absolute atomic E-state index is 12.6. The lowest BCUT2D eigenvalue weighted by Crippen LogP contribution is -2.39. The van der Waals surface area contributed by atoms with Crippen LogP contribution in [0.5, 0.6) is 0 Å². The van der Waals surface area contributed by atoms with Gasteiger partial charge >= 0.3 is 0 Å². The molecular weight excluding hydrogens is 296 g/mol. The topological polar surface area (TPSA) is 80.5 Å². The second-order valence-corrected chi connectivity index (χ2v) is 5.48. The predicted molar refractivity (Wildman–Crippen MR) is 83.2 cm³/mol. The van der Waals surface area contributed by atoms with Crippen LogP contribution < -0.4 is 0 Å². The molecular formula is C17H14N2O4. The molecule has 6 heteroatoms. The third-order valence-corrected chi connectivity index (χ3v) is 3.94. The first-order valence-corrected chi connectivity index (χ1v) is 7.20. The number of carbonyl (C=O) groups is 2. The van der Waals surface area contributed by atoms with E-state index < -0.39 is 16.7 Å². The van der Waals surface area contributed by atoms with Gasteiger partial charge in [0, 0.05) is 12.1 Å². The number of nitro benzene ring substituents is 1. The highest BCUT2D eigenvalue weighted by atomic mass is 16.6. The first-order valence-electron chi connectivity index (χ1n) is 7.20. The summed E-state index contributed by atoms with van der Waals surface area (Å²) in [4.78, 5) is 36.7. The fraction of sp³-hybridized carbons (Fsp3) is 0.176. The SMILES string of the molecule is C[C@H](Cc1ccccc1)N1C(=O)c2cccc([N+](=O)[O-])c2C1=O. The van der Waals surface area contributed by atoms with Gasteiger partial charge in [0.2, 0.25) is 0 Å². The van der Waals surface area contributed by atoms with Gasteiger partial charge in [0.1, 0.15) is 5.56 Å². The number of imide groups is 1. The molecule has 1 heterocycles. The van der Waals surface area contributed by atoms with E-state index in [2.05, 4.69) is 0 Å². The van der Waals surface area contributed by atoms with Crippen molar-refractivity contribution >= 4 is 17.5 Å². The zero-order valence-corrected chi connectivity index (χ0v) is 12.4. The minimum absolute atomic E-state index is 0.101. The monoisotopic (exact) mass is 310 g/mol. The van der Waals surface area contributed by atoms with Crippen molar-refractivity contribution in [3.05, 3.63) is 75.3 Å². The third-order valence-electron chi connectivity index (χ3n) is 3.94. The number of fused-ring (bicyclic) bond motifs is 1. The van der Waals surface area contributed by atoms with E-state index in [9.17, 15) is 19.7 Å². The quantitative estimate of drug-likeness (QED) is 0.494. The Labute approximate surface area is 132 Å². The molecule has 2 amide bonds.